The molecule has 0 saturated heterocycles. The fourth-order valence-corrected chi connectivity index (χ4v) is 2.38. The van der Waals surface area contributed by atoms with Crippen molar-refractivity contribution in [2.45, 2.75) is 0 Å². The molecule has 0 unspecified atom stereocenters. The fraction of sp³-hybridized carbons (Fsp3) is 0.100. The number of benzene rings is 1. The van der Waals surface area contributed by atoms with Gasteiger partial charge in [0.1, 0.15) is 5.82 Å². The van der Waals surface area contributed by atoms with Gasteiger partial charge in [-0.15, -0.1) is 0 Å². The first-order valence-electron chi connectivity index (χ1n) is 4.76. The fourth-order valence-electron chi connectivity index (χ4n) is 1.47. The summed E-state index contributed by atoms with van der Waals surface area (Å²) in [6, 6.07) is 7.18. The van der Waals surface area contributed by atoms with E-state index >= 15 is 0 Å². The van der Waals surface area contributed by atoms with Crippen LogP contribution >= 0.6 is 0 Å². The van der Waals surface area contributed by atoms with Crippen molar-refractivity contribution in [1.29, 1.82) is 0 Å². The van der Waals surface area contributed by atoms with Crippen molar-refractivity contribution < 1.29 is 18.3 Å². The number of fused-ring (bicyclic) bond motifs is 1. The summed E-state index contributed by atoms with van der Waals surface area (Å²) >= 11 is 0. The number of aliphatic carboxylic acids is 1. The van der Waals surface area contributed by atoms with E-state index in [2.05, 4.69) is 10.6 Å². The van der Waals surface area contributed by atoms with Crippen LogP contribution in [0.15, 0.2) is 35.5 Å². The summed E-state index contributed by atoms with van der Waals surface area (Å²) < 4.78 is 22.8. The van der Waals surface area contributed by atoms with Crippen LogP contribution in [0.5, 0.6) is 0 Å². The molecule has 3 N–H and O–H groups in total. The highest BCUT2D eigenvalue weighted by molar-refractivity contribution is 7.94. The number of para-hydroxylation sites is 2. The van der Waals surface area contributed by atoms with Gasteiger partial charge in [0.15, 0.2) is 15.6 Å². The zero-order valence-electron chi connectivity index (χ0n) is 8.67. The molecular weight excluding hydrogens is 244 g/mol. The maximum absolute atomic E-state index is 11.4. The number of carboxylic acids is 1. The Hall–Kier alpha value is -2.02. The maximum atomic E-state index is 11.4. The minimum Gasteiger partial charge on any atom is -0.480 e. The molecule has 6 nitrogen and oxygen atoms in total. The average molecular weight is 254 g/mol. The summed E-state index contributed by atoms with van der Waals surface area (Å²) in [5.74, 6) is -2.04. The van der Waals surface area contributed by atoms with Gasteiger partial charge in [0.05, 0.1) is 16.8 Å². The summed E-state index contributed by atoms with van der Waals surface area (Å²) in [6.45, 7) is 0. The van der Waals surface area contributed by atoms with Crippen molar-refractivity contribution in [1.82, 2.24) is 0 Å². The number of hydrogen-bond donors (Lipinski definition) is 3. The third kappa shape index (κ3) is 2.76. The van der Waals surface area contributed by atoms with Crippen LogP contribution in [0.2, 0.25) is 0 Å². The third-order valence-electron chi connectivity index (χ3n) is 2.09. The van der Waals surface area contributed by atoms with E-state index in [-0.39, 0.29) is 5.82 Å². The first-order valence-corrected chi connectivity index (χ1v) is 6.47. The van der Waals surface area contributed by atoms with Crippen molar-refractivity contribution in [2.24, 2.45) is 0 Å². The molecule has 2 rings (SSSR count). The van der Waals surface area contributed by atoms with Gasteiger partial charge in [0.2, 0.25) is 0 Å². The van der Waals surface area contributed by atoms with E-state index < -0.39 is 21.6 Å². The van der Waals surface area contributed by atoms with Crippen LogP contribution in [-0.2, 0) is 14.6 Å². The van der Waals surface area contributed by atoms with Gasteiger partial charge < -0.3 is 15.7 Å². The molecule has 1 aromatic rings. The van der Waals surface area contributed by atoms with Gasteiger partial charge in [0, 0.05) is 0 Å². The van der Waals surface area contributed by atoms with E-state index in [1.54, 1.807) is 12.1 Å². The molecule has 1 aliphatic rings. The molecule has 1 aromatic carbocycles. The third-order valence-corrected chi connectivity index (χ3v) is 3.33. The van der Waals surface area contributed by atoms with Crippen molar-refractivity contribution in [2.75, 3.05) is 16.4 Å². The quantitative estimate of drug-likeness (QED) is 0.739. The van der Waals surface area contributed by atoms with E-state index in [9.17, 15) is 13.2 Å². The van der Waals surface area contributed by atoms with Gasteiger partial charge in [0.25, 0.3) is 0 Å². The lowest BCUT2D eigenvalue weighted by Crippen LogP contribution is -2.14. The Kier molecular flexibility index (Phi) is 2.76. The van der Waals surface area contributed by atoms with Gasteiger partial charge in [-0.2, -0.15) is 0 Å². The van der Waals surface area contributed by atoms with Crippen molar-refractivity contribution in [3.63, 3.8) is 0 Å². The average Bonchev–Trinajstić information content (AvgIpc) is 2.55. The van der Waals surface area contributed by atoms with Crippen molar-refractivity contribution >= 4 is 27.2 Å². The molecular formula is C10H10N2O4S. The first kappa shape index (κ1) is 11.5. The number of rotatable bonds is 3. The SMILES string of the molecule is O=C(O)CS(=O)(=O)C=C1Nc2ccccc2N1. The Balaban J connectivity index is 2.21. The normalized spacial score (nSPS) is 13.5. The van der Waals surface area contributed by atoms with Gasteiger partial charge in [-0.3, -0.25) is 4.79 Å². The highest BCUT2D eigenvalue weighted by atomic mass is 32.2. The van der Waals surface area contributed by atoms with E-state index in [4.69, 9.17) is 5.11 Å². The number of hydrogen-bond acceptors (Lipinski definition) is 5. The summed E-state index contributed by atoms with van der Waals surface area (Å²) in [5, 5.41) is 15.0. The lowest BCUT2D eigenvalue weighted by atomic mass is 10.3. The van der Waals surface area contributed by atoms with Gasteiger partial charge in [-0.25, -0.2) is 8.42 Å². The molecule has 0 radical (unpaired) electrons. The molecule has 0 aromatic heterocycles. The number of sulfone groups is 1. The lowest BCUT2D eigenvalue weighted by Gasteiger charge is -1.99. The molecule has 1 aliphatic heterocycles. The second kappa shape index (κ2) is 4.10. The van der Waals surface area contributed by atoms with Crippen LogP contribution < -0.4 is 10.6 Å². The predicted molar refractivity (Wildman–Crippen MR) is 63.2 cm³/mol. The molecule has 90 valence electrons. The molecule has 17 heavy (non-hydrogen) atoms. The van der Waals surface area contributed by atoms with Crippen molar-refractivity contribution in [3.05, 3.63) is 35.5 Å². The van der Waals surface area contributed by atoms with Crippen LogP contribution in [0.1, 0.15) is 0 Å². The summed E-state index contributed by atoms with van der Waals surface area (Å²) in [7, 11) is -3.77. The molecule has 0 aliphatic carbocycles. The molecule has 0 saturated carbocycles. The summed E-state index contributed by atoms with van der Waals surface area (Å²) in [4.78, 5) is 10.4. The molecule has 0 fully saturated rings. The van der Waals surface area contributed by atoms with E-state index in [1.165, 1.54) is 0 Å². The molecule has 7 heteroatoms. The Bertz CT molecular complexity index is 565. The van der Waals surface area contributed by atoms with E-state index in [0.717, 1.165) is 16.8 Å². The standard InChI is InChI=1S/C10H10N2O4S/c13-10(14)6-17(15,16)5-9-11-7-3-1-2-4-8(7)12-9/h1-5,11-12H,6H2,(H,13,14). The van der Waals surface area contributed by atoms with E-state index in [1.807, 2.05) is 12.1 Å². The van der Waals surface area contributed by atoms with Gasteiger partial charge in [-0.05, 0) is 12.1 Å². The highest BCUT2D eigenvalue weighted by Gasteiger charge is 2.18. The number of carboxylic acid groups (broad SMARTS) is 1. The number of anilines is 2. The second-order valence-corrected chi connectivity index (χ2v) is 5.38. The van der Waals surface area contributed by atoms with E-state index in [0.29, 0.717) is 0 Å². The zero-order chi connectivity index (χ0) is 12.5. The monoisotopic (exact) mass is 254 g/mol. The molecule has 1 heterocycles. The first-order chi connectivity index (χ1) is 7.96. The van der Waals surface area contributed by atoms with Gasteiger partial charge in [-0.1, -0.05) is 12.1 Å². The minimum absolute atomic E-state index is 0.257. The Morgan fingerprint density at radius 1 is 1.24 bits per heavy atom. The summed E-state index contributed by atoms with van der Waals surface area (Å²) in [5.41, 5.74) is 1.51. The highest BCUT2D eigenvalue weighted by Crippen LogP contribution is 2.29. The van der Waals surface area contributed by atoms with Crippen LogP contribution in [0.25, 0.3) is 0 Å². The topological polar surface area (TPSA) is 95.5 Å². The zero-order valence-corrected chi connectivity index (χ0v) is 9.49. The van der Waals surface area contributed by atoms with Crippen LogP contribution in [0.3, 0.4) is 0 Å². The smallest absolute Gasteiger partial charge is 0.319 e. The molecule has 0 spiro atoms. The number of nitrogens with one attached hydrogen (secondary N) is 2. The Labute approximate surface area is 97.9 Å². The predicted octanol–water partition coefficient (Wildman–Crippen LogP) is 0.822. The van der Waals surface area contributed by atoms with Crippen molar-refractivity contribution in [3.8, 4) is 0 Å². The molecule has 0 bridgehead atoms. The van der Waals surface area contributed by atoms with Crippen LogP contribution in [-0.4, -0.2) is 25.2 Å². The summed E-state index contributed by atoms with van der Waals surface area (Å²) in [6.07, 6.45) is 0. The Morgan fingerprint density at radius 2 is 1.76 bits per heavy atom. The largest absolute Gasteiger partial charge is 0.480 e. The van der Waals surface area contributed by atoms with Crippen LogP contribution in [0.4, 0.5) is 11.4 Å². The van der Waals surface area contributed by atoms with Gasteiger partial charge >= 0.3 is 5.97 Å². The van der Waals surface area contributed by atoms with Crippen LogP contribution in [0, 0.1) is 0 Å². The minimum atomic E-state index is -3.77. The molecule has 0 amide bonds. The lowest BCUT2D eigenvalue weighted by molar-refractivity contribution is -0.134. The molecule has 0 atom stereocenters. The number of carbonyl (C=O) groups is 1. The second-order valence-electron chi connectivity index (χ2n) is 3.53. The maximum Gasteiger partial charge on any atom is 0.319 e. The Morgan fingerprint density at radius 3 is 2.24 bits per heavy atom.